The Kier molecular flexibility index (Phi) is 4.45. The van der Waals surface area contributed by atoms with Crippen molar-refractivity contribution in [1.82, 2.24) is 15.3 Å². The van der Waals surface area contributed by atoms with Crippen LogP contribution < -0.4 is 20.3 Å². The van der Waals surface area contributed by atoms with Crippen LogP contribution in [0.1, 0.15) is 18.4 Å². The van der Waals surface area contributed by atoms with E-state index in [4.69, 9.17) is 9.47 Å². The number of fused-ring (bicyclic) bond motifs is 3. The third-order valence-electron chi connectivity index (χ3n) is 6.88. The average molecular weight is 449 g/mol. The Balaban J connectivity index is 1.34. The molecular weight excluding hydrogens is 425 g/mol. The molecule has 6 rings (SSSR count). The van der Waals surface area contributed by atoms with Crippen molar-refractivity contribution in [3.63, 3.8) is 0 Å². The van der Waals surface area contributed by atoms with Gasteiger partial charge < -0.3 is 14.8 Å². The van der Waals surface area contributed by atoms with Crippen LogP contribution in [0.3, 0.4) is 0 Å². The molecule has 1 aliphatic carbocycles. The molecule has 4 heterocycles. The molecule has 1 amide bonds. The Morgan fingerprint density at radius 1 is 1.21 bits per heavy atom. The predicted molar refractivity (Wildman–Crippen MR) is 122 cm³/mol. The largest absolute Gasteiger partial charge is 0.474 e. The molecule has 2 N–H and O–H groups in total. The molecular formula is C24H24FN5O3. The molecule has 1 saturated carbocycles. The molecule has 2 aliphatic heterocycles. The van der Waals surface area contributed by atoms with Gasteiger partial charge in [0.05, 0.1) is 0 Å². The number of benzene rings is 1. The van der Waals surface area contributed by atoms with E-state index in [2.05, 4.69) is 20.6 Å². The lowest BCUT2D eigenvalue weighted by Crippen LogP contribution is -2.39. The first-order chi connectivity index (χ1) is 15.9. The zero-order chi connectivity index (χ0) is 22.7. The van der Waals surface area contributed by atoms with Gasteiger partial charge in [0, 0.05) is 54.8 Å². The SMILES string of the molecule is Cc1c(-c2cc3cc(N(C)C(=O)OC45CC4CCN5)ncc3cc2F)cnc2c1NCCO2. The minimum atomic E-state index is -0.507. The number of nitrogens with zero attached hydrogens (tertiary/aromatic N) is 3. The van der Waals surface area contributed by atoms with Crippen molar-refractivity contribution in [2.45, 2.75) is 25.5 Å². The third kappa shape index (κ3) is 3.26. The zero-order valence-electron chi connectivity index (χ0n) is 18.4. The molecule has 3 aliphatic rings. The first-order valence-electron chi connectivity index (χ1n) is 11.1. The fourth-order valence-electron chi connectivity index (χ4n) is 4.83. The molecule has 3 aromatic rings. The average Bonchev–Trinajstić information content (AvgIpc) is 3.36. The smallest absolute Gasteiger partial charge is 0.416 e. The Bertz CT molecular complexity index is 1300. The molecule has 2 unspecified atom stereocenters. The molecule has 9 heteroatoms. The quantitative estimate of drug-likeness (QED) is 0.628. The van der Waals surface area contributed by atoms with Gasteiger partial charge >= 0.3 is 6.09 Å². The van der Waals surface area contributed by atoms with Gasteiger partial charge in [-0.1, -0.05) is 0 Å². The molecule has 0 radical (unpaired) electrons. The van der Waals surface area contributed by atoms with Crippen LogP contribution in [-0.4, -0.2) is 48.5 Å². The molecule has 1 saturated heterocycles. The summed E-state index contributed by atoms with van der Waals surface area (Å²) in [6.07, 6.45) is 4.63. The van der Waals surface area contributed by atoms with E-state index in [9.17, 15) is 4.79 Å². The number of nitrogens with one attached hydrogen (secondary N) is 2. The molecule has 0 bridgehead atoms. The summed E-state index contributed by atoms with van der Waals surface area (Å²) in [5.41, 5.74) is 2.26. The van der Waals surface area contributed by atoms with Crippen LogP contribution in [0.2, 0.25) is 0 Å². The maximum Gasteiger partial charge on any atom is 0.416 e. The molecule has 33 heavy (non-hydrogen) atoms. The topological polar surface area (TPSA) is 88.6 Å². The number of amides is 1. The van der Waals surface area contributed by atoms with Crippen molar-refractivity contribution in [3.05, 3.63) is 42.0 Å². The number of anilines is 2. The number of piperidine rings is 1. The van der Waals surface area contributed by atoms with E-state index in [1.165, 1.54) is 11.0 Å². The number of hydrogen-bond acceptors (Lipinski definition) is 7. The van der Waals surface area contributed by atoms with Gasteiger partial charge in [-0.25, -0.2) is 19.2 Å². The van der Waals surface area contributed by atoms with E-state index >= 15 is 4.39 Å². The van der Waals surface area contributed by atoms with Gasteiger partial charge in [0.2, 0.25) is 5.88 Å². The van der Waals surface area contributed by atoms with Gasteiger partial charge in [-0.2, -0.15) is 0 Å². The van der Waals surface area contributed by atoms with Crippen molar-refractivity contribution in [2.75, 3.05) is 37.0 Å². The lowest BCUT2D eigenvalue weighted by atomic mass is 9.98. The summed E-state index contributed by atoms with van der Waals surface area (Å²) in [5, 5.41) is 7.97. The summed E-state index contributed by atoms with van der Waals surface area (Å²) in [6.45, 7) is 4.01. The van der Waals surface area contributed by atoms with E-state index in [0.29, 0.717) is 47.3 Å². The molecule has 2 atom stereocenters. The van der Waals surface area contributed by atoms with Crippen molar-refractivity contribution in [2.24, 2.45) is 5.92 Å². The van der Waals surface area contributed by atoms with Crippen molar-refractivity contribution < 1.29 is 18.7 Å². The van der Waals surface area contributed by atoms with Gasteiger partial charge in [0.15, 0.2) is 5.72 Å². The van der Waals surface area contributed by atoms with Crippen LogP contribution in [-0.2, 0) is 4.74 Å². The maximum absolute atomic E-state index is 15.1. The van der Waals surface area contributed by atoms with Crippen LogP contribution in [0.4, 0.5) is 20.7 Å². The highest BCUT2D eigenvalue weighted by atomic mass is 19.1. The number of rotatable bonds is 3. The Morgan fingerprint density at radius 2 is 2.09 bits per heavy atom. The van der Waals surface area contributed by atoms with Gasteiger partial charge in [-0.05, 0) is 49.0 Å². The summed E-state index contributed by atoms with van der Waals surface area (Å²) >= 11 is 0. The second-order valence-electron chi connectivity index (χ2n) is 8.91. The molecule has 170 valence electrons. The zero-order valence-corrected chi connectivity index (χ0v) is 18.4. The number of pyridine rings is 2. The number of aromatic nitrogens is 2. The molecule has 8 nitrogen and oxygen atoms in total. The lowest BCUT2D eigenvalue weighted by molar-refractivity contribution is 0.0704. The molecule has 2 fully saturated rings. The van der Waals surface area contributed by atoms with Crippen LogP contribution in [0.5, 0.6) is 5.88 Å². The second-order valence-corrected chi connectivity index (χ2v) is 8.91. The fourth-order valence-corrected chi connectivity index (χ4v) is 4.83. The number of carbonyl (C=O) groups excluding carboxylic acids is 1. The standard InChI is InChI=1S/C24H24FN5O3/c1-13-18(12-28-22-21(13)26-5-6-32-22)17-7-14-9-20(27-11-15(14)8-19(17)25)30(2)23(31)33-24-10-16(24)3-4-29-24/h7-9,11-12,16,26,29H,3-6,10H2,1-2H3. The fraction of sp³-hybridized carbons (Fsp3) is 0.375. The minimum Gasteiger partial charge on any atom is -0.474 e. The number of halogens is 1. The molecule has 0 spiro atoms. The van der Waals surface area contributed by atoms with E-state index in [1.54, 1.807) is 31.6 Å². The highest BCUT2D eigenvalue weighted by Crippen LogP contribution is 2.50. The Morgan fingerprint density at radius 3 is 2.88 bits per heavy atom. The Hall–Kier alpha value is -3.46. The van der Waals surface area contributed by atoms with Crippen molar-refractivity contribution >= 4 is 28.4 Å². The van der Waals surface area contributed by atoms with Crippen LogP contribution >= 0.6 is 0 Å². The van der Waals surface area contributed by atoms with Crippen LogP contribution in [0.15, 0.2) is 30.6 Å². The number of carbonyl (C=O) groups is 1. The van der Waals surface area contributed by atoms with E-state index in [-0.39, 0.29) is 5.82 Å². The number of ether oxygens (including phenoxy) is 2. The lowest BCUT2D eigenvalue weighted by Gasteiger charge is -2.22. The summed E-state index contributed by atoms with van der Waals surface area (Å²) < 4.78 is 26.4. The van der Waals surface area contributed by atoms with Gasteiger partial charge in [-0.3, -0.25) is 10.2 Å². The monoisotopic (exact) mass is 449 g/mol. The van der Waals surface area contributed by atoms with Crippen LogP contribution in [0, 0.1) is 18.7 Å². The van der Waals surface area contributed by atoms with Crippen molar-refractivity contribution in [3.8, 4) is 17.0 Å². The third-order valence-corrected chi connectivity index (χ3v) is 6.88. The van der Waals surface area contributed by atoms with Gasteiger partial charge in [-0.15, -0.1) is 0 Å². The van der Waals surface area contributed by atoms with E-state index in [0.717, 1.165) is 36.0 Å². The van der Waals surface area contributed by atoms with Gasteiger partial charge in [0.25, 0.3) is 0 Å². The second kappa shape index (κ2) is 7.28. The summed E-state index contributed by atoms with van der Waals surface area (Å²) in [4.78, 5) is 22.8. The first kappa shape index (κ1) is 20.2. The number of hydrogen-bond donors (Lipinski definition) is 2. The summed E-state index contributed by atoms with van der Waals surface area (Å²) in [5.74, 6) is 1.01. The van der Waals surface area contributed by atoms with Crippen molar-refractivity contribution in [1.29, 1.82) is 0 Å². The highest BCUT2D eigenvalue weighted by Gasteiger charge is 2.61. The minimum absolute atomic E-state index is 0.363. The summed E-state index contributed by atoms with van der Waals surface area (Å²) in [6, 6.07) is 4.99. The summed E-state index contributed by atoms with van der Waals surface area (Å²) in [7, 11) is 1.63. The maximum atomic E-state index is 15.1. The van der Waals surface area contributed by atoms with E-state index < -0.39 is 11.8 Å². The van der Waals surface area contributed by atoms with Gasteiger partial charge in [0.1, 0.15) is 23.9 Å². The molecule has 2 aromatic heterocycles. The van der Waals surface area contributed by atoms with Crippen LogP contribution in [0.25, 0.3) is 21.9 Å². The normalized spacial score (nSPS) is 22.7. The molecule has 1 aromatic carbocycles. The predicted octanol–water partition coefficient (Wildman–Crippen LogP) is 3.83. The van der Waals surface area contributed by atoms with E-state index in [1.807, 2.05) is 6.92 Å². The highest BCUT2D eigenvalue weighted by molar-refractivity contribution is 5.93. The Labute approximate surface area is 190 Å². The first-order valence-corrected chi connectivity index (χ1v) is 11.1.